The Bertz CT molecular complexity index is 651. The molecular weight excluding hydrogens is 307 g/mol. The van der Waals surface area contributed by atoms with Gasteiger partial charge >= 0.3 is 0 Å². The number of unbranched alkanes of at least 4 members (excludes halogenated alkanes) is 1. The summed E-state index contributed by atoms with van der Waals surface area (Å²) < 4.78 is 0. The quantitative estimate of drug-likeness (QED) is 0.277. The monoisotopic (exact) mass is 330 g/mol. The fraction of sp³-hybridized carbons (Fsp3) is 0.174. The average molecular weight is 330 g/mol. The van der Waals surface area contributed by atoms with Crippen LogP contribution in [0.25, 0.3) is 0 Å². The van der Waals surface area contributed by atoms with E-state index in [1.54, 1.807) is 0 Å². The van der Waals surface area contributed by atoms with Gasteiger partial charge in [-0.25, -0.2) is 0 Å². The molecule has 0 saturated heterocycles. The largest absolute Gasteiger partial charge is 0.127 e. The van der Waals surface area contributed by atoms with Crippen molar-refractivity contribution in [2.45, 2.75) is 24.7 Å². The molecule has 0 nitrogen and oxygen atoms in total. The van der Waals surface area contributed by atoms with E-state index in [1.165, 1.54) is 16.7 Å². The molecule has 0 aliphatic heterocycles. The Labute approximate surface area is 147 Å². The molecule has 0 bridgehead atoms. The lowest BCUT2D eigenvalue weighted by Crippen LogP contribution is -2.29. The van der Waals surface area contributed by atoms with Crippen LogP contribution in [0.5, 0.6) is 0 Å². The highest BCUT2D eigenvalue weighted by molar-refractivity contribution is 7.18. The van der Waals surface area contributed by atoms with Crippen LogP contribution in [0.2, 0.25) is 0 Å². The zero-order valence-electron chi connectivity index (χ0n) is 13.9. The van der Waals surface area contributed by atoms with Gasteiger partial charge in [0, 0.05) is 5.41 Å². The molecule has 120 valence electrons. The van der Waals surface area contributed by atoms with Crippen molar-refractivity contribution >= 4 is 14.7 Å². The highest BCUT2D eigenvalue weighted by atomic mass is 31.0. The van der Waals surface area contributed by atoms with Crippen molar-refractivity contribution in [1.29, 1.82) is 0 Å². The Morgan fingerprint density at radius 3 is 1.33 bits per heavy atom. The summed E-state index contributed by atoms with van der Waals surface area (Å²) in [6.45, 7) is 0. The van der Waals surface area contributed by atoms with Crippen LogP contribution in [0.1, 0.15) is 36.0 Å². The molecule has 0 saturated carbocycles. The first-order chi connectivity index (χ1) is 11.9. The first-order valence-electron chi connectivity index (χ1n) is 8.53. The molecule has 0 aromatic heterocycles. The summed E-state index contributed by atoms with van der Waals surface area (Å²) in [6.07, 6.45) is 3.26. The van der Waals surface area contributed by atoms with Crippen molar-refractivity contribution in [2.24, 2.45) is 0 Å². The van der Waals surface area contributed by atoms with Gasteiger partial charge in [0.1, 0.15) is 0 Å². The van der Waals surface area contributed by atoms with E-state index < -0.39 is 0 Å². The molecule has 0 fully saturated rings. The van der Waals surface area contributed by atoms with Gasteiger partial charge in [-0.3, -0.25) is 0 Å². The molecule has 0 amide bonds. The molecule has 0 spiro atoms. The standard InChI is InChI=1S/C23H23P/c24-19-11-10-18-23(20-12-4-1-5-13-20,21-14-6-2-7-15-21)22-16-8-3-9-17-22/h1-9,12-17,19,24H,10-11,18H2. The van der Waals surface area contributed by atoms with Gasteiger partial charge in [0.25, 0.3) is 0 Å². The molecule has 0 heterocycles. The summed E-state index contributed by atoms with van der Waals surface area (Å²) in [5, 5.41) is 0. The lowest BCUT2D eigenvalue weighted by atomic mass is 9.66. The summed E-state index contributed by atoms with van der Waals surface area (Å²) >= 11 is 0. The van der Waals surface area contributed by atoms with Crippen molar-refractivity contribution in [3.8, 4) is 0 Å². The molecule has 3 rings (SSSR count). The van der Waals surface area contributed by atoms with Gasteiger partial charge in [-0.05, 0) is 36.0 Å². The second-order valence-electron chi connectivity index (χ2n) is 6.10. The first kappa shape index (κ1) is 16.7. The number of hydrogen-bond acceptors (Lipinski definition) is 0. The maximum atomic E-state index is 3.51. The lowest BCUT2D eigenvalue weighted by molar-refractivity contribution is 0.542. The van der Waals surface area contributed by atoms with E-state index >= 15 is 0 Å². The van der Waals surface area contributed by atoms with Crippen LogP contribution in [0.3, 0.4) is 0 Å². The van der Waals surface area contributed by atoms with Crippen molar-refractivity contribution in [3.05, 3.63) is 108 Å². The second-order valence-corrected chi connectivity index (χ2v) is 6.51. The Balaban J connectivity index is 2.22. The summed E-state index contributed by atoms with van der Waals surface area (Å²) in [7, 11) is 3.51. The number of hydrogen-bond donors (Lipinski definition) is 0. The van der Waals surface area contributed by atoms with Crippen LogP contribution >= 0.6 is 8.86 Å². The zero-order chi connectivity index (χ0) is 16.7. The van der Waals surface area contributed by atoms with E-state index in [1.807, 2.05) is 0 Å². The van der Waals surface area contributed by atoms with Crippen LogP contribution in [-0.4, -0.2) is 5.80 Å². The van der Waals surface area contributed by atoms with Crippen LogP contribution in [-0.2, 0) is 5.41 Å². The average Bonchev–Trinajstić information content (AvgIpc) is 2.68. The molecule has 3 aromatic carbocycles. The third-order valence-electron chi connectivity index (χ3n) is 4.70. The normalized spacial score (nSPS) is 11.2. The summed E-state index contributed by atoms with van der Waals surface area (Å²) in [4.78, 5) is 0. The minimum atomic E-state index is -0.112. The molecule has 24 heavy (non-hydrogen) atoms. The first-order valence-corrected chi connectivity index (χ1v) is 9.11. The van der Waals surface area contributed by atoms with Gasteiger partial charge in [0.05, 0.1) is 0 Å². The Morgan fingerprint density at radius 2 is 1.00 bits per heavy atom. The number of rotatable bonds is 7. The lowest BCUT2D eigenvalue weighted by Gasteiger charge is -2.36. The van der Waals surface area contributed by atoms with Crippen molar-refractivity contribution < 1.29 is 0 Å². The highest BCUT2D eigenvalue weighted by Crippen LogP contribution is 2.43. The molecule has 0 aliphatic rings. The summed E-state index contributed by atoms with van der Waals surface area (Å²) in [6, 6.07) is 32.7. The summed E-state index contributed by atoms with van der Waals surface area (Å²) in [5.74, 6) is 2.08. The van der Waals surface area contributed by atoms with E-state index in [2.05, 4.69) is 106 Å². The van der Waals surface area contributed by atoms with Gasteiger partial charge < -0.3 is 0 Å². The van der Waals surface area contributed by atoms with Gasteiger partial charge in [-0.1, -0.05) is 96.8 Å². The van der Waals surface area contributed by atoms with Crippen molar-refractivity contribution in [2.75, 3.05) is 0 Å². The fourth-order valence-corrected chi connectivity index (χ4v) is 3.77. The van der Waals surface area contributed by atoms with Crippen molar-refractivity contribution in [1.82, 2.24) is 0 Å². The molecule has 0 atom stereocenters. The van der Waals surface area contributed by atoms with Gasteiger partial charge in [0.15, 0.2) is 0 Å². The maximum Gasteiger partial charge on any atom is 0.0451 e. The Morgan fingerprint density at radius 1 is 0.625 bits per heavy atom. The van der Waals surface area contributed by atoms with Gasteiger partial charge in [-0.15, -0.1) is 8.86 Å². The topological polar surface area (TPSA) is 0 Å². The molecular formula is C23H23P. The van der Waals surface area contributed by atoms with E-state index in [0.717, 1.165) is 19.3 Å². The van der Waals surface area contributed by atoms with E-state index in [4.69, 9.17) is 0 Å². The second kappa shape index (κ2) is 8.08. The van der Waals surface area contributed by atoms with E-state index in [-0.39, 0.29) is 5.41 Å². The molecule has 0 radical (unpaired) electrons. The smallest absolute Gasteiger partial charge is 0.0451 e. The highest BCUT2D eigenvalue weighted by Gasteiger charge is 2.35. The van der Waals surface area contributed by atoms with Crippen LogP contribution in [0, 0.1) is 0 Å². The molecule has 0 aliphatic carbocycles. The van der Waals surface area contributed by atoms with E-state index in [0.29, 0.717) is 0 Å². The fourth-order valence-electron chi connectivity index (χ4n) is 3.57. The predicted octanol–water partition coefficient (Wildman–Crippen LogP) is 6.14. The molecule has 0 N–H and O–H groups in total. The minimum Gasteiger partial charge on any atom is -0.127 e. The van der Waals surface area contributed by atoms with Gasteiger partial charge in [0.2, 0.25) is 0 Å². The van der Waals surface area contributed by atoms with Crippen LogP contribution in [0.15, 0.2) is 91.0 Å². The zero-order valence-corrected chi connectivity index (χ0v) is 14.9. The van der Waals surface area contributed by atoms with Crippen LogP contribution < -0.4 is 0 Å². The van der Waals surface area contributed by atoms with Crippen molar-refractivity contribution in [3.63, 3.8) is 0 Å². The third-order valence-corrected chi connectivity index (χ3v) is 4.99. The summed E-state index contributed by atoms with van der Waals surface area (Å²) in [5.41, 5.74) is 3.96. The SMILES string of the molecule is P=CCCCC(c1ccccc1)(c1ccccc1)c1ccccc1. The molecule has 1 heteroatoms. The molecule has 0 unspecified atom stereocenters. The Hall–Kier alpha value is -2.17. The minimum absolute atomic E-state index is 0.112. The Kier molecular flexibility index (Phi) is 5.62. The predicted molar refractivity (Wildman–Crippen MR) is 107 cm³/mol. The van der Waals surface area contributed by atoms with Crippen LogP contribution in [0.4, 0.5) is 0 Å². The maximum absolute atomic E-state index is 3.51. The van der Waals surface area contributed by atoms with E-state index in [9.17, 15) is 0 Å². The van der Waals surface area contributed by atoms with Gasteiger partial charge in [-0.2, -0.15) is 0 Å². The number of benzene rings is 3. The third kappa shape index (κ3) is 3.35. The molecule has 3 aromatic rings.